The van der Waals surface area contributed by atoms with Gasteiger partial charge in [0.2, 0.25) is 0 Å². The van der Waals surface area contributed by atoms with E-state index < -0.39 is 0 Å². The molecule has 0 saturated heterocycles. The van der Waals surface area contributed by atoms with Gasteiger partial charge in [0.05, 0.1) is 18.7 Å². The number of hydrogen-bond donors (Lipinski definition) is 0. The molecule has 1 rings (SSSR count). The van der Waals surface area contributed by atoms with Crippen LogP contribution in [-0.4, -0.2) is 13.1 Å². The number of azide groups is 1. The molecule has 1 unspecified atom stereocenters. The van der Waals surface area contributed by atoms with E-state index in [1.807, 2.05) is 0 Å². The third-order valence-corrected chi connectivity index (χ3v) is 2.74. The molecule has 0 saturated carbocycles. The van der Waals surface area contributed by atoms with Gasteiger partial charge in [-0.1, -0.05) is 37.0 Å². The number of unbranched alkanes of at least 4 members (excludes halogenated alkanes) is 1. The Hall–Kier alpha value is -2.00. The lowest BCUT2D eigenvalue weighted by Gasteiger charge is -2.11. The molecule has 0 aliphatic rings. The molecule has 5 nitrogen and oxygen atoms in total. The number of nitrogens with zero attached hydrogens (tertiary/aromatic N) is 3. The van der Waals surface area contributed by atoms with Crippen LogP contribution < -0.4 is 0 Å². The molecule has 1 aromatic rings. The SMILES string of the molecule is CCCCC(N=[N+]=[N-])c1ccc(C(=O)OC)cc1. The van der Waals surface area contributed by atoms with Gasteiger partial charge >= 0.3 is 5.97 Å². The summed E-state index contributed by atoms with van der Waals surface area (Å²) in [7, 11) is 1.35. The fraction of sp³-hybridized carbons (Fsp3) is 0.462. The number of esters is 1. The van der Waals surface area contributed by atoms with Crippen LogP contribution in [0.4, 0.5) is 0 Å². The van der Waals surface area contributed by atoms with E-state index in [-0.39, 0.29) is 12.0 Å². The molecule has 0 radical (unpaired) electrons. The van der Waals surface area contributed by atoms with Crippen LogP contribution in [0.5, 0.6) is 0 Å². The molecule has 0 heterocycles. The van der Waals surface area contributed by atoms with Crippen LogP contribution in [0, 0.1) is 0 Å². The second-order valence-corrected chi connectivity index (χ2v) is 3.98. The lowest BCUT2D eigenvalue weighted by molar-refractivity contribution is 0.0600. The van der Waals surface area contributed by atoms with Crippen molar-refractivity contribution >= 4 is 5.97 Å². The van der Waals surface area contributed by atoms with Gasteiger partial charge in [0, 0.05) is 4.91 Å². The van der Waals surface area contributed by atoms with Gasteiger partial charge in [0.15, 0.2) is 0 Å². The highest BCUT2D eigenvalue weighted by Crippen LogP contribution is 2.24. The molecule has 0 aliphatic carbocycles. The smallest absolute Gasteiger partial charge is 0.337 e. The van der Waals surface area contributed by atoms with Crippen molar-refractivity contribution in [3.8, 4) is 0 Å². The Labute approximate surface area is 106 Å². The Bertz CT molecular complexity index is 436. The summed E-state index contributed by atoms with van der Waals surface area (Å²) in [6, 6.07) is 6.82. The second kappa shape index (κ2) is 7.35. The van der Waals surface area contributed by atoms with Crippen molar-refractivity contribution in [3.63, 3.8) is 0 Å². The standard InChI is InChI=1S/C13H17N3O2/c1-3-4-5-12(15-16-14)10-6-8-11(9-7-10)13(17)18-2/h6-9,12H,3-5H2,1-2H3. The van der Waals surface area contributed by atoms with E-state index in [1.165, 1.54) is 7.11 Å². The number of ether oxygens (including phenoxy) is 1. The van der Waals surface area contributed by atoms with E-state index in [0.717, 1.165) is 24.8 Å². The van der Waals surface area contributed by atoms with Crippen LogP contribution in [0.15, 0.2) is 29.4 Å². The molecule has 18 heavy (non-hydrogen) atoms. The fourth-order valence-electron chi connectivity index (χ4n) is 1.71. The summed E-state index contributed by atoms with van der Waals surface area (Å²) in [5.74, 6) is -0.365. The van der Waals surface area contributed by atoms with Crippen LogP contribution >= 0.6 is 0 Å². The third-order valence-electron chi connectivity index (χ3n) is 2.74. The van der Waals surface area contributed by atoms with Crippen molar-refractivity contribution in [1.82, 2.24) is 0 Å². The number of rotatable bonds is 6. The van der Waals surface area contributed by atoms with Gasteiger partial charge in [-0.2, -0.15) is 0 Å². The van der Waals surface area contributed by atoms with E-state index in [1.54, 1.807) is 24.3 Å². The van der Waals surface area contributed by atoms with E-state index in [0.29, 0.717) is 5.56 Å². The maximum Gasteiger partial charge on any atom is 0.337 e. The highest BCUT2D eigenvalue weighted by atomic mass is 16.5. The highest BCUT2D eigenvalue weighted by Gasteiger charge is 2.10. The Morgan fingerprint density at radius 2 is 2.11 bits per heavy atom. The molecular weight excluding hydrogens is 230 g/mol. The molecule has 0 fully saturated rings. The van der Waals surface area contributed by atoms with Crippen molar-refractivity contribution in [2.75, 3.05) is 7.11 Å². The minimum absolute atomic E-state index is 0.165. The first-order valence-corrected chi connectivity index (χ1v) is 5.95. The van der Waals surface area contributed by atoms with E-state index >= 15 is 0 Å². The van der Waals surface area contributed by atoms with Gasteiger partial charge < -0.3 is 4.74 Å². The maximum absolute atomic E-state index is 11.3. The fourth-order valence-corrected chi connectivity index (χ4v) is 1.71. The zero-order valence-electron chi connectivity index (χ0n) is 10.7. The van der Waals surface area contributed by atoms with Crippen LogP contribution in [0.2, 0.25) is 0 Å². The Morgan fingerprint density at radius 1 is 1.44 bits per heavy atom. The summed E-state index contributed by atoms with van der Waals surface area (Å²) in [5, 5.41) is 3.79. The number of carbonyl (C=O) groups excluding carboxylic acids is 1. The van der Waals surface area contributed by atoms with Gasteiger partial charge in [-0.25, -0.2) is 4.79 Å². The maximum atomic E-state index is 11.3. The van der Waals surface area contributed by atoms with Crippen LogP contribution in [0.1, 0.15) is 48.1 Å². The summed E-state index contributed by atoms with van der Waals surface area (Å²) in [5.41, 5.74) is 9.98. The minimum atomic E-state index is -0.365. The molecule has 5 heteroatoms. The van der Waals surface area contributed by atoms with Gasteiger partial charge in [-0.3, -0.25) is 0 Å². The number of benzene rings is 1. The number of methoxy groups -OCH3 is 1. The van der Waals surface area contributed by atoms with Crippen molar-refractivity contribution in [2.24, 2.45) is 5.11 Å². The first-order chi connectivity index (χ1) is 8.72. The average molecular weight is 247 g/mol. The largest absolute Gasteiger partial charge is 0.465 e. The predicted octanol–water partition coefficient (Wildman–Crippen LogP) is 4.01. The Balaban J connectivity index is 2.86. The van der Waals surface area contributed by atoms with Crippen molar-refractivity contribution in [2.45, 2.75) is 32.2 Å². The summed E-state index contributed by atoms with van der Waals surface area (Å²) >= 11 is 0. The summed E-state index contributed by atoms with van der Waals surface area (Å²) in [4.78, 5) is 14.2. The van der Waals surface area contributed by atoms with Gasteiger partial charge in [-0.15, -0.1) is 0 Å². The zero-order valence-corrected chi connectivity index (χ0v) is 10.7. The molecule has 0 spiro atoms. The third kappa shape index (κ3) is 3.79. The second-order valence-electron chi connectivity index (χ2n) is 3.98. The first kappa shape index (κ1) is 14.1. The van der Waals surface area contributed by atoms with Crippen molar-refractivity contribution < 1.29 is 9.53 Å². The molecule has 1 aromatic carbocycles. The summed E-state index contributed by atoms with van der Waals surface area (Å²) < 4.78 is 4.63. The topological polar surface area (TPSA) is 75.1 Å². The predicted molar refractivity (Wildman–Crippen MR) is 69.2 cm³/mol. The molecule has 0 N–H and O–H groups in total. The number of carbonyl (C=O) groups is 1. The lowest BCUT2D eigenvalue weighted by atomic mass is 10.0. The van der Waals surface area contributed by atoms with Crippen molar-refractivity contribution in [1.29, 1.82) is 0 Å². The van der Waals surface area contributed by atoms with E-state index in [2.05, 4.69) is 21.7 Å². The van der Waals surface area contributed by atoms with Gasteiger partial charge in [0.1, 0.15) is 0 Å². The molecule has 0 bridgehead atoms. The average Bonchev–Trinajstić information content (AvgIpc) is 2.43. The van der Waals surface area contributed by atoms with E-state index in [9.17, 15) is 4.79 Å². The summed E-state index contributed by atoms with van der Waals surface area (Å²) in [6.45, 7) is 2.09. The molecular formula is C13H17N3O2. The molecule has 0 aliphatic heterocycles. The first-order valence-electron chi connectivity index (χ1n) is 5.95. The summed E-state index contributed by atoms with van der Waals surface area (Å²) in [6.07, 6.45) is 2.87. The molecule has 1 atom stereocenters. The highest BCUT2D eigenvalue weighted by molar-refractivity contribution is 5.89. The van der Waals surface area contributed by atoms with Crippen LogP contribution in [-0.2, 0) is 4.74 Å². The normalized spacial score (nSPS) is 11.4. The minimum Gasteiger partial charge on any atom is -0.465 e. The van der Waals surface area contributed by atoms with Crippen molar-refractivity contribution in [3.05, 3.63) is 45.8 Å². The molecule has 0 amide bonds. The van der Waals surface area contributed by atoms with Crippen LogP contribution in [0.25, 0.3) is 10.4 Å². The molecule has 0 aromatic heterocycles. The van der Waals surface area contributed by atoms with E-state index in [4.69, 9.17) is 5.53 Å². The Kier molecular flexibility index (Phi) is 5.74. The van der Waals surface area contributed by atoms with Gasteiger partial charge in [-0.05, 0) is 29.6 Å². The molecule has 96 valence electrons. The van der Waals surface area contributed by atoms with Crippen LogP contribution in [0.3, 0.4) is 0 Å². The lowest BCUT2D eigenvalue weighted by Crippen LogP contribution is -2.02. The Morgan fingerprint density at radius 3 is 2.61 bits per heavy atom. The quantitative estimate of drug-likeness (QED) is 0.329. The van der Waals surface area contributed by atoms with Gasteiger partial charge in [0.25, 0.3) is 0 Å². The zero-order chi connectivity index (χ0) is 13.4. The number of hydrogen-bond acceptors (Lipinski definition) is 3. The monoisotopic (exact) mass is 247 g/mol.